The highest BCUT2D eigenvalue weighted by Crippen LogP contribution is 2.35. The van der Waals surface area contributed by atoms with Crippen molar-refractivity contribution in [1.29, 1.82) is 0 Å². The van der Waals surface area contributed by atoms with Crippen molar-refractivity contribution in [2.75, 3.05) is 0 Å². The summed E-state index contributed by atoms with van der Waals surface area (Å²) in [4.78, 5) is 47.2. The second kappa shape index (κ2) is 7.16. The highest BCUT2D eigenvalue weighted by Gasteiger charge is 2.39. The van der Waals surface area contributed by atoms with Crippen LogP contribution in [-0.2, 0) is 23.2 Å². The molecule has 156 valence electrons. The van der Waals surface area contributed by atoms with Crippen LogP contribution in [0.2, 0.25) is 0 Å². The number of rotatable bonds is 3. The van der Waals surface area contributed by atoms with Gasteiger partial charge in [-0.05, 0) is 43.2 Å². The summed E-state index contributed by atoms with van der Waals surface area (Å²) in [5, 5.41) is 2.33. The van der Waals surface area contributed by atoms with Gasteiger partial charge in [-0.2, -0.15) is 0 Å². The Balaban J connectivity index is 1.51. The van der Waals surface area contributed by atoms with Crippen molar-refractivity contribution in [2.24, 2.45) is 7.05 Å². The first-order valence-corrected chi connectivity index (χ1v) is 10.2. The number of amides is 3. The number of hydrogen-bond donors (Lipinski definition) is 1. The molecule has 3 amide bonds. The SMILES string of the molecule is Cc1ncccc1-c1c(-c2ccc3c(c2)CN(C2CCC(=O)NC2=O)C3=O)ncn1C. The maximum Gasteiger partial charge on any atom is 0.255 e. The summed E-state index contributed by atoms with van der Waals surface area (Å²) in [6.45, 7) is 2.30. The molecule has 4 heterocycles. The molecule has 0 spiro atoms. The zero-order chi connectivity index (χ0) is 21.7. The van der Waals surface area contributed by atoms with E-state index in [1.807, 2.05) is 42.8 Å². The van der Waals surface area contributed by atoms with Crippen LogP contribution in [0.1, 0.15) is 34.5 Å². The van der Waals surface area contributed by atoms with E-state index in [1.54, 1.807) is 23.5 Å². The van der Waals surface area contributed by atoms with Gasteiger partial charge in [0.15, 0.2) is 0 Å². The summed E-state index contributed by atoms with van der Waals surface area (Å²) in [5.74, 6) is -0.877. The van der Waals surface area contributed by atoms with E-state index in [0.717, 1.165) is 33.8 Å². The number of carbonyl (C=O) groups excluding carboxylic acids is 3. The topological polar surface area (TPSA) is 97.2 Å². The number of nitrogens with zero attached hydrogens (tertiary/aromatic N) is 4. The van der Waals surface area contributed by atoms with Gasteiger partial charge in [0, 0.05) is 48.6 Å². The number of carbonyl (C=O) groups is 3. The van der Waals surface area contributed by atoms with Gasteiger partial charge in [-0.25, -0.2) is 4.98 Å². The number of aryl methyl sites for hydroxylation is 2. The first-order chi connectivity index (χ1) is 14.9. The molecule has 1 unspecified atom stereocenters. The van der Waals surface area contributed by atoms with Crippen molar-refractivity contribution < 1.29 is 14.4 Å². The minimum Gasteiger partial charge on any atom is -0.333 e. The molecule has 8 nitrogen and oxygen atoms in total. The van der Waals surface area contributed by atoms with Gasteiger partial charge in [0.25, 0.3) is 5.91 Å². The average Bonchev–Trinajstić information content (AvgIpc) is 3.28. The van der Waals surface area contributed by atoms with E-state index in [9.17, 15) is 14.4 Å². The summed E-state index contributed by atoms with van der Waals surface area (Å²) in [6.07, 6.45) is 4.12. The van der Waals surface area contributed by atoms with Crippen molar-refractivity contribution in [3.8, 4) is 22.5 Å². The normalized spacial score (nSPS) is 18.3. The standard InChI is InChI=1S/C23H21N5O3/c1-13-16(4-3-9-24-13)21-20(25-12-27(21)2)14-5-6-17-15(10-14)11-28(23(17)31)18-7-8-19(29)26-22(18)30/h3-6,9-10,12,18H,7-8,11H2,1-2H3,(H,26,29,30). The second-order valence-electron chi connectivity index (χ2n) is 7.96. The molecule has 0 radical (unpaired) electrons. The van der Waals surface area contributed by atoms with Gasteiger partial charge in [0.1, 0.15) is 6.04 Å². The zero-order valence-electron chi connectivity index (χ0n) is 17.3. The summed E-state index contributed by atoms with van der Waals surface area (Å²) in [7, 11) is 1.94. The number of pyridine rings is 1. The molecular weight excluding hydrogens is 394 g/mol. The van der Waals surface area contributed by atoms with Crippen LogP contribution in [0.25, 0.3) is 22.5 Å². The predicted molar refractivity (Wildman–Crippen MR) is 113 cm³/mol. The lowest BCUT2D eigenvalue weighted by Crippen LogP contribution is -2.52. The summed E-state index contributed by atoms with van der Waals surface area (Å²) < 4.78 is 1.97. The van der Waals surface area contributed by atoms with E-state index in [1.165, 1.54) is 0 Å². The first kappa shape index (κ1) is 19.2. The number of imide groups is 1. The maximum atomic E-state index is 12.9. The van der Waals surface area contributed by atoms with E-state index < -0.39 is 11.9 Å². The molecule has 31 heavy (non-hydrogen) atoms. The molecule has 2 aliphatic heterocycles. The Labute approximate surface area is 178 Å². The van der Waals surface area contributed by atoms with Crippen molar-refractivity contribution in [1.82, 2.24) is 24.8 Å². The number of fused-ring (bicyclic) bond motifs is 1. The molecule has 0 aliphatic carbocycles. The highest BCUT2D eigenvalue weighted by molar-refractivity contribution is 6.05. The molecule has 2 aromatic heterocycles. The van der Waals surface area contributed by atoms with Gasteiger partial charge in [-0.15, -0.1) is 0 Å². The Morgan fingerprint density at radius 3 is 2.71 bits per heavy atom. The fraction of sp³-hybridized carbons (Fsp3) is 0.261. The summed E-state index contributed by atoms with van der Waals surface area (Å²) in [5.41, 5.74) is 6.02. The maximum absolute atomic E-state index is 12.9. The van der Waals surface area contributed by atoms with E-state index >= 15 is 0 Å². The molecule has 0 saturated carbocycles. The van der Waals surface area contributed by atoms with Crippen LogP contribution in [0.3, 0.4) is 0 Å². The lowest BCUT2D eigenvalue weighted by Gasteiger charge is -2.29. The van der Waals surface area contributed by atoms with Crippen molar-refractivity contribution in [3.63, 3.8) is 0 Å². The number of hydrogen-bond acceptors (Lipinski definition) is 5. The van der Waals surface area contributed by atoms with Crippen LogP contribution in [0.4, 0.5) is 0 Å². The fourth-order valence-electron chi connectivity index (χ4n) is 4.42. The van der Waals surface area contributed by atoms with Crippen molar-refractivity contribution in [2.45, 2.75) is 32.4 Å². The van der Waals surface area contributed by atoms with Crippen molar-refractivity contribution in [3.05, 3.63) is 59.7 Å². The summed E-state index contributed by atoms with van der Waals surface area (Å²) in [6, 6.07) is 8.96. The monoisotopic (exact) mass is 415 g/mol. The molecular formula is C23H21N5O3. The van der Waals surface area contributed by atoms with E-state index in [4.69, 9.17) is 0 Å². The highest BCUT2D eigenvalue weighted by atomic mass is 16.2. The molecule has 0 bridgehead atoms. The number of aromatic nitrogens is 3. The van der Waals surface area contributed by atoms with Crippen LogP contribution < -0.4 is 5.32 Å². The molecule has 3 aromatic rings. The molecule has 1 saturated heterocycles. The Bertz CT molecular complexity index is 1250. The number of benzene rings is 1. The van der Waals surface area contributed by atoms with Gasteiger partial charge in [-0.1, -0.05) is 6.07 Å². The van der Waals surface area contributed by atoms with Crippen LogP contribution >= 0.6 is 0 Å². The molecule has 1 fully saturated rings. The third-order valence-electron chi connectivity index (χ3n) is 6.00. The van der Waals surface area contributed by atoms with Crippen LogP contribution in [0, 0.1) is 6.92 Å². The minimum absolute atomic E-state index is 0.180. The Morgan fingerprint density at radius 1 is 1.10 bits per heavy atom. The van der Waals surface area contributed by atoms with E-state index in [0.29, 0.717) is 18.5 Å². The molecule has 8 heteroatoms. The van der Waals surface area contributed by atoms with Crippen LogP contribution in [-0.4, -0.2) is 43.2 Å². The smallest absolute Gasteiger partial charge is 0.255 e. The zero-order valence-corrected chi connectivity index (χ0v) is 17.3. The number of piperidine rings is 1. The lowest BCUT2D eigenvalue weighted by atomic mass is 10.00. The van der Waals surface area contributed by atoms with Crippen molar-refractivity contribution >= 4 is 17.7 Å². The Morgan fingerprint density at radius 2 is 1.94 bits per heavy atom. The third-order valence-corrected chi connectivity index (χ3v) is 6.00. The lowest BCUT2D eigenvalue weighted by molar-refractivity contribution is -0.136. The van der Waals surface area contributed by atoms with Gasteiger partial charge < -0.3 is 9.47 Å². The van der Waals surface area contributed by atoms with Gasteiger partial charge >= 0.3 is 0 Å². The van der Waals surface area contributed by atoms with E-state index in [2.05, 4.69) is 15.3 Å². The number of nitrogens with one attached hydrogen (secondary N) is 1. The quantitative estimate of drug-likeness (QED) is 0.662. The Kier molecular flexibility index (Phi) is 4.43. The number of imidazole rings is 1. The van der Waals surface area contributed by atoms with Crippen LogP contribution in [0.15, 0.2) is 42.9 Å². The molecule has 1 atom stereocenters. The van der Waals surface area contributed by atoms with Gasteiger partial charge in [0.2, 0.25) is 11.8 Å². The second-order valence-corrected chi connectivity index (χ2v) is 7.96. The first-order valence-electron chi connectivity index (χ1n) is 10.2. The predicted octanol–water partition coefficient (Wildman–Crippen LogP) is 2.22. The third kappa shape index (κ3) is 3.11. The fourth-order valence-corrected chi connectivity index (χ4v) is 4.42. The van der Waals surface area contributed by atoms with E-state index in [-0.39, 0.29) is 18.2 Å². The Hall–Kier alpha value is -3.81. The summed E-state index contributed by atoms with van der Waals surface area (Å²) >= 11 is 0. The molecule has 1 N–H and O–H groups in total. The van der Waals surface area contributed by atoms with Crippen LogP contribution in [0.5, 0.6) is 0 Å². The average molecular weight is 415 g/mol. The van der Waals surface area contributed by atoms with Gasteiger partial charge in [0.05, 0.1) is 17.7 Å². The molecule has 2 aliphatic rings. The molecule has 5 rings (SSSR count). The largest absolute Gasteiger partial charge is 0.333 e. The van der Waals surface area contributed by atoms with Gasteiger partial charge in [-0.3, -0.25) is 24.7 Å². The minimum atomic E-state index is -0.621. The molecule has 1 aromatic carbocycles.